The normalized spacial score (nSPS) is 16.8. The van der Waals surface area contributed by atoms with Crippen molar-refractivity contribution in [1.82, 2.24) is 0 Å². The molecule has 0 heterocycles. The fourth-order valence-corrected chi connectivity index (χ4v) is 2.23. The lowest BCUT2D eigenvalue weighted by molar-refractivity contribution is -0.412. The third-order valence-corrected chi connectivity index (χ3v) is 3.82. The molecule has 0 rings (SSSR count). The van der Waals surface area contributed by atoms with E-state index < -0.39 is 42.7 Å². The second kappa shape index (κ2) is 8.28. The number of hydrogen-bond donors (Lipinski definition) is 0. The van der Waals surface area contributed by atoms with E-state index in [2.05, 4.69) is 0 Å². The zero-order chi connectivity index (χ0) is 20.2. The van der Waals surface area contributed by atoms with Crippen LogP contribution in [0, 0.1) is 0 Å². The fraction of sp³-hybridized carbons (Fsp3) is 1.00. The first-order valence-corrected chi connectivity index (χ1v) is 7.64. The Morgan fingerprint density at radius 1 is 0.480 bits per heavy atom. The molecule has 0 aromatic carbocycles. The maximum atomic E-state index is 13.9. The van der Waals surface area contributed by atoms with Gasteiger partial charge in [-0.3, -0.25) is 0 Å². The molecule has 0 aliphatic heterocycles. The molecule has 0 fully saturated rings. The summed E-state index contributed by atoms with van der Waals surface area (Å²) in [6.45, 7) is 1.88. The summed E-state index contributed by atoms with van der Waals surface area (Å²) < 4.78 is 140. The predicted octanol–water partition coefficient (Wildman–Crippen LogP) is 7.23. The van der Waals surface area contributed by atoms with E-state index in [0.29, 0.717) is 12.8 Å². The van der Waals surface area contributed by atoms with Crippen LogP contribution in [0.2, 0.25) is 0 Å². The van der Waals surface area contributed by atoms with Gasteiger partial charge in [-0.1, -0.05) is 45.4 Å². The Labute approximate surface area is 137 Å². The molecule has 0 radical (unpaired) electrons. The smallest absolute Gasteiger partial charge is 0.227 e. The molecule has 0 amide bonds. The molecule has 0 bridgehead atoms. The van der Waals surface area contributed by atoms with Crippen LogP contribution in [0.15, 0.2) is 0 Å². The highest BCUT2D eigenvalue weighted by Crippen LogP contribution is 2.58. The van der Waals surface area contributed by atoms with Crippen LogP contribution in [0.5, 0.6) is 0 Å². The quantitative estimate of drug-likeness (QED) is 0.270. The van der Waals surface area contributed by atoms with Crippen molar-refractivity contribution in [3.05, 3.63) is 0 Å². The Morgan fingerprint density at radius 2 is 0.880 bits per heavy atom. The first kappa shape index (κ1) is 24.2. The molecule has 0 saturated heterocycles. The molecular formula is C14H19F11. The van der Waals surface area contributed by atoms with Crippen molar-refractivity contribution < 1.29 is 48.3 Å². The summed E-state index contributed by atoms with van der Waals surface area (Å²) in [4.78, 5) is 0. The standard InChI is InChI=1S/C14H19F11/c1-2-3-4-5-6-7-8-9-10(15,13(20,21)22)11(16,17)12(18,19)14(23,24)25/h2-9H2,1H3. The number of halogens is 11. The minimum absolute atomic E-state index is 0.195. The molecule has 0 aromatic rings. The lowest BCUT2D eigenvalue weighted by Gasteiger charge is -2.39. The van der Waals surface area contributed by atoms with Crippen LogP contribution in [-0.4, -0.2) is 29.9 Å². The maximum Gasteiger partial charge on any atom is 0.460 e. The van der Waals surface area contributed by atoms with Crippen LogP contribution in [0.25, 0.3) is 0 Å². The molecule has 0 aromatic heterocycles. The summed E-state index contributed by atoms with van der Waals surface area (Å²) >= 11 is 0. The van der Waals surface area contributed by atoms with Crippen LogP contribution < -0.4 is 0 Å². The van der Waals surface area contributed by atoms with Gasteiger partial charge in [-0.2, -0.15) is 43.9 Å². The highest BCUT2D eigenvalue weighted by molar-refractivity contribution is 5.08. The minimum atomic E-state index is -7.16. The Bertz CT molecular complexity index is 397. The Morgan fingerprint density at radius 3 is 1.24 bits per heavy atom. The average Bonchev–Trinajstić information content (AvgIpc) is 2.43. The molecule has 1 unspecified atom stereocenters. The molecule has 25 heavy (non-hydrogen) atoms. The second-order valence-electron chi connectivity index (χ2n) is 5.82. The van der Waals surface area contributed by atoms with Crippen molar-refractivity contribution in [2.75, 3.05) is 0 Å². The molecule has 0 aliphatic carbocycles. The lowest BCUT2D eigenvalue weighted by atomic mass is 9.86. The van der Waals surface area contributed by atoms with E-state index in [1.807, 2.05) is 6.92 Å². The van der Waals surface area contributed by atoms with Crippen molar-refractivity contribution >= 4 is 0 Å². The number of alkyl halides is 11. The first-order valence-electron chi connectivity index (χ1n) is 7.64. The van der Waals surface area contributed by atoms with Crippen molar-refractivity contribution in [1.29, 1.82) is 0 Å². The maximum absolute atomic E-state index is 13.9. The topological polar surface area (TPSA) is 0 Å². The van der Waals surface area contributed by atoms with Crippen molar-refractivity contribution in [3.63, 3.8) is 0 Å². The zero-order valence-corrected chi connectivity index (χ0v) is 13.3. The average molecular weight is 396 g/mol. The van der Waals surface area contributed by atoms with Gasteiger partial charge in [0.1, 0.15) is 0 Å². The third-order valence-electron chi connectivity index (χ3n) is 3.82. The van der Waals surface area contributed by atoms with Crippen molar-refractivity contribution in [2.45, 2.75) is 88.2 Å². The minimum Gasteiger partial charge on any atom is -0.227 e. The van der Waals surface area contributed by atoms with Crippen molar-refractivity contribution in [3.8, 4) is 0 Å². The van der Waals surface area contributed by atoms with Gasteiger partial charge in [0.25, 0.3) is 5.67 Å². The largest absolute Gasteiger partial charge is 0.460 e. The van der Waals surface area contributed by atoms with Crippen LogP contribution >= 0.6 is 0 Å². The molecule has 0 spiro atoms. The predicted molar refractivity (Wildman–Crippen MR) is 68.5 cm³/mol. The summed E-state index contributed by atoms with van der Waals surface area (Å²) in [5.74, 6) is -14.1. The highest BCUT2D eigenvalue weighted by Gasteiger charge is 2.85. The second-order valence-corrected chi connectivity index (χ2v) is 5.82. The van der Waals surface area contributed by atoms with Crippen molar-refractivity contribution in [2.24, 2.45) is 0 Å². The van der Waals surface area contributed by atoms with E-state index in [4.69, 9.17) is 0 Å². The SMILES string of the molecule is CCCCCCCCCC(F)(C(F)(F)F)C(F)(F)C(F)(F)C(F)(F)F. The molecule has 0 nitrogen and oxygen atoms in total. The highest BCUT2D eigenvalue weighted by atomic mass is 19.4. The molecular weight excluding hydrogens is 377 g/mol. The van der Waals surface area contributed by atoms with E-state index in [1.165, 1.54) is 0 Å². The summed E-state index contributed by atoms with van der Waals surface area (Å²) in [5, 5.41) is 0. The Balaban J connectivity index is 5.23. The van der Waals surface area contributed by atoms with Gasteiger partial charge in [0.05, 0.1) is 0 Å². The summed E-state index contributed by atoms with van der Waals surface area (Å²) in [6, 6.07) is 0. The summed E-state index contributed by atoms with van der Waals surface area (Å²) in [5.41, 5.74) is -5.98. The lowest BCUT2D eigenvalue weighted by Crippen LogP contribution is -2.67. The first-order chi connectivity index (χ1) is 11.1. The van der Waals surface area contributed by atoms with Gasteiger partial charge in [0.2, 0.25) is 0 Å². The Hall–Kier alpha value is -0.770. The Kier molecular flexibility index (Phi) is 8.03. The van der Waals surface area contributed by atoms with Gasteiger partial charge in [0, 0.05) is 0 Å². The summed E-state index contributed by atoms with van der Waals surface area (Å²) in [6.07, 6.45) is -13.8. The van der Waals surface area contributed by atoms with Crippen LogP contribution in [0.1, 0.15) is 58.3 Å². The third kappa shape index (κ3) is 5.12. The van der Waals surface area contributed by atoms with Gasteiger partial charge in [-0.15, -0.1) is 0 Å². The molecule has 11 heteroatoms. The van der Waals surface area contributed by atoms with E-state index in [9.17, 15) is 48.3 Å². The van der Waals surface area contributed by atoms with Crippen LogP contribution in [0.4, 0.5) is 48.3 Å². The van der Waals surface area contributed by atoms with Gasteiger partial charge < -0.3 is 0 Å². The zero-order valence-electron chi connectivity index (χ0n) is 13.3. The molecule has 0 aliphatic rings. The molecule has 0 N–H and O–H groups in total. The van der Waals surface area contributed by atoms with Gasteiger partial charge in [-0.05, 0) is 12.8 Å². The number of unbranched alkanes of at least 4 members (excludes halogenated alkanes) is 6. The van der Waals surface area contributed by atoms with Gasteiger partial charge in [-0.25, -0.2) is 4.39 Å². The number of hydrogen-bond acceptors (Lipinski definition) is 0. The van der Waals surface area contributed by atoms with E-state index in [0.717, 1.165) is 12.8 Å². The van der Waals surface area contributed by atoms with Gasteiger partial charge in [0.15, 0.2) is 0 Å². The monoisotopic (exact) mass is 396 g/mol. The van der Waals surface area contributed by atoms with Gasteiger partial charge >= 0.3 is 24.2 Å². The number of rotatable bonds is 10. The summed E-state index contributed by atoms with van der Waals surface area (Å²) in [7, 11) is 0. The van der Waals surface area contributed by atoms with E-state index in [-0.39, 0.29) is 12.8 Å². The molecule has 152 valence electrons. The van der Waals surface area contributed by atoms with E-state index in [1.54, 1.807) is 0 Å². The molecule has 1 atom stereocenters. The van der Waals surface area contributed by atoms with E-state index >= 15 is 0 Å². The fourth-order valence-electron chi connectivity index (χ4n) is 2.23. The van der Waals surface area contributed by atoms with Crippen LogP contribution in [0.3, 0.4) is 0 Å². The van der Waals surface area contributed by atoms with Crippen LogP contribution in [-0.2, 0) is 0 Å². The molecule has 0 saturated carbocycles.